The molecule has 2 aromatic heterocycles. The summed E-state index contributed by atoms with van der Waals surface area (Å²) >= 11 is 0. The van der Waals surface area contributed by atoms with Crippen molar-refractivity contribution in [3.63, 3.8) is 0 Å². The highest BCUT2D eigenvalue weighted by Crippen LogP contribution is 2.30. The van der Waals surface area contributed by atoms with Gasteiger partial charge in [-0.15, -0.1) is 0 Å². The van der Waals surface area contributed by atoms with Gasteiger partial charge >= 0.3 is 0 Å². The summed E-state index contributed by atoms with van der Waals surface area (Å²) in [6.07, 6.45) is 5.31. The van der Waals surface area contributed by atoms with Gasteiger partial charge in [0.25, 0.3) is 0 Å². The van der Waals surface area contributed by atoms with Crippen LogP contribution in [0.1, 0.15) is 29.7 Å². The Labute approximate surface area is 174 Å². The van der Waals surface area contributed by atoms with Crippen molar-refractivity contribution >= 4 is 11.7 Å². The number of aromatic nitrogens is 3. The zero-order chi connectivity index (χ0) is 20.5. The summed E-state index contributed by atoms with van der Waals surface area (Å²) in [6.45, 7) is 1.15. The van der Waals surface area contributed by atoms with Gasteiger partial charge in [0.15, 0.2) is 5.82 Å². The Morgan fingerprint density at radius 1 is 1.10 bits per heavy atom. The van der Waals surface area contributed by atoms with E-state index in [2.05, 4.69) is 10.3 Å². The van der Waals surface area contributed by atoms with Crippen LogP contribution in [0.15, 0.2) is 48.7 Å². The van der Waals surface area contributed by atoms with E-state index in [0.29, 0.717) is 25.3 Å². The second kappa shape index (κ2) is 7.82. The van der Waals surface area contributed by atoms with E-state index in [9.17, 15) is 9.18 Å². The van der Waals surface area contributed by atoms with Crippen molar-refractivity contribution in [1.29, 1.82) is 0 Å². The highest BCUT2D eigenvalue weighted by Gasteiger charge is 2.33. The highest BCUT2D eigenvalue weighted by molar-refractivity contribution is 5.86. The Morgan fingerprint density at radius 3 is 2.77 bits per heavy atom. The van der Waals surface area contributed by atoms with Crippen LogP contribution in [0.25, 0.3) is 11.5 Å². The van der Waals surface area contributed by atoms with Crippen molar-refractivity contribution in [2.45, 2.75) is 38.3 Å². The maximum absolute atomic E-state index is 13.1. The molecule has 1 amide bonds. The van der Waals surface area contributed by atoms with E-state index >= 15 is 0 Å². The van der Waals surface area contributed by atoms with Crippen LogP contribution >= 0.6 is 0 Å². The third kappa shape index (κ3) is 3.63. The van der Waals surface area contributed by atoms with Crippen LogP contribution in [0.3, 0.4) is 0 Å². The summed E-state index contributed by atoms with van der Waals surface area (Å²) in [5, 5.41) is 3.40. The standard InChI is InChI=1S/C23H22FN5O/c24-16-9-7-15(8-10-16)14-29-13-11-20(23(29)30)27-21-17-4-3-6-18(17)26-22(28-21)19-5-1-2-12-25-19/h1-2,5,7-10,12,20H,3-4,6,11,13-14H2,(H,26,27,28). The number of carbonyl (C=O) groups is 1. The number of nitrogens with one attached hydrogen (secondary N) is 1. The summed E-state index contributed by atoms with van der Waals surface area (Å²) in [4.78, 5) is 28.6. The zero-order valence-corrected chi connectivity index (χ0v) is 16.5. The highest BCUT2D eigenvalue weighted by atomic mass is 19.1. The average molecular weight is 403 g/mol. The number of aryl methyl sites for hydroxylation is 1. The van der Waals surface area contributed by atoms with Crippen LogP contribution < -0.4 is 5.32 Å². The molecule has 0 radical (unpaired) electrons. The fraction of sp³-hybridized carbons (Fsp3) is 0.304. The molecular weight excluding hydrogens is 381 g/mol. The summed E-state index contributed by atoms with van der Waals surface area (Å²) in [6, 6.07) is 11.7. The first-order valence-electron chi connectivity index (χ1n) is 10.3. The molecule has 2 aliphatic rings. The van der Waals surface area contributed by atoms with Crippen LogP contribution in [0.2, 0.25) is 0 Å². The third-order valence-corrected chi connectivity index (χ3v) is 5.72. The fourth-order valence-corrected chi connectivity index (χ4v) is 4.17. The third-order valence-electron chi connectivity index (χ3n) is 5.72. The predicted molar refractivity (Wildman–Crippen MR) is 111 cm³/mol. The van der Waals surface area contributed by atoms with E-state index in [1.807, 2.05) is 23.1 Å². The molecule has 1 aliphatic heterocycles. The van der Waals surface area contributed by atoms with E-state index in [1.165, 1.54) is 12.1 Å². The molecule has 1 unspecified atom stereocenters. The van der Waals surface area contributed by atoms with Crippen molar-refractivity contribution < 1.29 is 9.18 Å². The number of hydrogen-bond donors (Lipinski definition) is 1. The molecule has 1 fully saturated rings. The molecular formula is C23H22FN5O. The largest absolute Gasteiger partial charge is 0.358 e. The van der Waals surface area contributed by atoms with E-state index < -0.39 is 0 Å². The number of rotatable bonds is 5. The number of likely N-dealkylation sites (tertiary alicyclic amines) is 1. The van der Waals surface area contributed by atoms with Crippen LogP contribution in [0.5, 0.6) is 0 Å². The number of carbonyl (C=O) groups excluding carboxylic acids is 1. The number of hydrogen-bond acceptors (Lipinski definition) is 5. The van der Waals surface area contributed by atoms with Crippen LogP contribution in [-0.4, -0.2) is 38.3 Å². The lowest BCUT2D eigenvalue weighted by Gasteiger charge is -2.19. The van der Waals surface area contributed by atoms with Crippen LogP contribution in [-0.2, 0) is 24.2 Å². The molecule has 0 saturated carbocycles. The van der Waals surface area contributed by atoms with Gasteiger partial charge in [0.05, 0.1) is 0 Å². The quantitative estimate of drug-likeness (QED) is 0.707. The van der Waals surface area contributed by atoms with Gasteiger partial charge in [0.1, 0.15) is 23.4 Å². The Morgan fingerprint density at radius 2 is 1.97 bits per heavy atom. The Balaban J connectivity index is 1.36. The Hall–Kier alpha value is -3.35. The van der Waals surface area contributed by atoms with Crippen LogP contribution in [0, 0.1) is 5.82 Å². The normalized spacial score (nSPS) is 18.0. The molecule has 1 aromatic carbocycles. The number of nitrogens with zero attached hydrogens (tertiary/aromatic N) is 4. The van der Waals surface area contributed by atoms with Crippen molar-refractivity contribution in [3.05, 3.63) is 71.3 Å². The molecule has 7 heteroatoms. The van der Waals surface area contributed by atoms with Crippen molar-refractivity contribution in [3.8, 4) is 11.5 Å². The first-order chi connectivity index (χ1) is 14.7. The van der Waals surface area contributed by atoms with E-state index in [1.54, 1.807) is 18.3 Å². The SMILES string of the molecule is O=C1C(Nc2nc(-c3ccccn3)nc3c2CCC3)CCN1Cc1ccc(F)cc1. The molecule has 0 spiro atoms. The summed E-state index contributed by atoms with van der Waals surface area (Å²) in [5.41, 5.74) is 3.80. The number of amides is 1. The molecule has 30 heavy (non-hydrogen) atoms. The number of halogens is 1. The number of anilines is 1. The fourth-order valence-electron chi connectivity index (χ4n) is 4.17. The van der Waals surface area contributed by atoms with Crippen molar-refractivity contribution in [2.75, 3.05) is 11.9 Å². The lowest BCUT2D eigenvalue weighted by atomic mass is 10.2. The van der Waals surface area contributed by atoms with Crippen molar-refractivity contribution in [1.82, 2.24) is 19.9 Å². The monoisotopic (exact) mass is 403 g/mol. The van der Waals surface area contributed by atoms with Gasteiger partial charge in [-0.25, -0.2) is 14.4 Å². The minimum Gasteiger partial charge on any atom is -0.358 e. The summed E-state index contributed by atoms with van der Waals surface area (Å²) in [5.74, 6) is 1.11. The number of benzene rings is 1. The van der Waals surface area contributed by atoms with E-state index in [-0.39, 0.29) is 17.8 Å². The lowest BCUT2D eigenvalue weighted by Crippen LogP contribution is -2.33. The first-order valence-corrected chi connectivity index (χ1v) is 10.3. The lowest BCUT2D eigenvalue weighted by molar-refractivity contribution is -0.128. The second-order valence-corrected chi connectivity index (χ2v) is 7.76. The van der Waals surface area contributed by atoms with Gasteiger partial charge in [0, 0.05) is 30.5 Å². The van der Waals surface area contributed by atoms with Gasteiger partial charge in [-0.05, 0) is 55.5 Å². The predicted octanol–water partition coefficient (Wildman–Crippen LogP) is 3.38. The number of fused-ring (bicyclic) bond motifs is 1. The maximum Gasteiger partial charge on any atom is 0.245 e. The second-order valence-electron chi connectivity index (χ2n) is 7.76. The molecule has 1 atom stereocenters. The molecule has 3 heterocycles. The van der Waals surface area contributed by atoms with E-state index in [4.69, 9.17) is 9.97 Å². The Kier molecular flexibility index (Phi) is 4.86. The first kappa shape index (κ1) is 18.7. The zero-order valence-electron chi connectivity index (χ0n) is 16.5. The van der Waals surface area contributed by atoms with Gasteiger partial charge in [0.2, 0.25) is 5.91 Å². The molecule has 3 aromatic rings. The molecule has 6 nitrogen and oxygen atoms in total. The maximum atomic E-state index is 13.1. The van der Waals surface area contributed by atoms with Gasteiger partial charge < -0.3 is 10.2 Å². The topological polar surface area (TPSA) is 71.0 Å². The van der Waals surface area contributed by atoms with Crippen molar-refractivity contribution in [2.24, 2.45) is 0 Å². The number of pyridine rings is 1. The smallest absolute Gasteiger partial charge is 0.245 e. The average Bonchev–Trinajstić information content (AvgIpc) is 3.38. The van der Waals surface area contributed by atoms with Gasteiger partial charge in [-0.3, -0.25) is 9.78 Å². The van der Waals surface area contributed by atoms with E-state index in [0.717, 1.165) is 47.6 Å². The summed E-state index contributed by atoms with van der Waals surface area (Å²) < 4.78 is 13.1. The molecule has 5 rings (SSSR count). The summed E-state index contributed by atoms with van der Waals surface area (Å²) in [7, 11) is 0. The Bertz CT molecular complexity index is 1070. The molecule has 1 aliphatic carbocycles. The molecule has 1 saturated heterocycles. The minimum atomic E-state index is -0.318. The van der Waals surface area contributed by atoms with Gasteiger partial charge in [-0.1, -0.05) is 18.2 Å². The molecule has 0 bridgehead atoms. The minimum absolute atomic E-state index is 0.0454. The molecule has 152 valence electrons. The molecule has 1 N–H and O–H groups in total. The van der Waals surface area contributed by atoms with Gasteiger partial charge in [-0.2, -0.15) is 0 Å². The van der Waals surface area contributed by atoms with Crippen LogP contribution in [0.4, 0.5) is 10.2 Å².